The normalized spacial score (nSPS) is 10.4. The number of hydrogen-bond acceptors (Lipinski definition) is 7. The van der Waals surface area contributed by atoms with Gasteiger partial charge in [-0.15, -0.1) is 0 Å². The van der Waals surface area contributed by atoms with Crippen LogP contribution in [0.2, 0.25) is 5.02 Å². The maximum Gasteiger partial charge on any atom is 0.341 e. The van der Waals surface area contributed by atoms with Crippen LogP contribution in [0.4, 0.5) is 5.82 Å². The molecule has 27 heavy (non-hydrogen) atoms. The van der Waals surface area contributed by atoms with Crippen molar-refractivity contribution >= 4 is 41.1 Å². The maximum absolute atomic E-state index is 12.4. The number of rotatable bonds is 6. The predicted molar refractivity (Wildman–Crippen MR) is 100.0 cm³/mol. The number of amides is 1. The van der Waals surface area contributed by atoms with Crippen molar-refractivity contribution in [1.29, 1.82) is 0 Å². The van der Waals surface area contributed by atoms with E-state index in [2.05, 4.69) is 15.5 Å². The third-order valence-corrected chi connectivity index (χ3v) is 4.53. The third-order valence-electron chi connectivity index (χ3n) is 3.25. The molecule has 2 aromatic heterocycles. The van der Waals surface area contributed by atoms with E-state index in [1.807, 2.05) is 12.1 Å². The quantitative estimate of drug-likeness (QED) is 0.622. The average molecular weight is 404 g/mol. The lowest BCUT2D eigenvalue weighted by atomic mass is 10.3. The van der Waals surface area contributed by atoms with E-state index >= 15 is 0 Å². The van der Waals surface area contributed by atoms with Crippen LogP contribution in [0.5, 0.6) is 0 Å². The highest BCUT2D eigenvalue weighted by Crippen LogP contribution is 2.29. The molecule has 3 rings (SSSR count). The van der Waals surface area contributed by atoms with Crippen LogP contribution in [0.1, 0.15) is 16.1 Å². The van der Waals surface area contributed by atoms with Crippen LogP contribution in [0.3, 0.4) is 0 Å². The fraction of sp³-hybridized carbons (Fsp3) is 0.111. The first-order valence-corrected chi connectivity index (χ1v) is 8.99. The lowest BCUT2D eigenvalue weighted by molar-refractivity contribution is -0.119. The summed E-state index contributed by atoms with van der Waals surface area (Å²) < 4.78 is 9.93. The van der Waals surface area contributed by atoms with Crippen LogP contribution in [-0.2, 0) is 9.53 Å². The summed E-state index contributed by atoms with van der Waals surface area (Å²) in [5, 5.41) is 7.20. The van der Waals surface area contributed by atoms with Gasteiger partial charge < -0.3 is 14.6 Å². The minimum Gasteiger partial charge on any atom is -0.452 e. The van der Waals surface area contributed by atoms with Crippen LogP contribution in [0.25, 0.3) is 0 Å². The summed E-state index contributed by atoms with van der Waals surface area (Å²) in [7, 11) is 0. The first-order chi connectivity index (χ1) is 13.0. The Labute approximate surface area is 164 Å². The minimum atomic E-state index is -0.647. The van der Waals surface area contributed by atoms with Gasteiger partial charge >= 0.3 is 5.97 Å². The third kappa shape index (κ3) is 5.32. The second kappa shape index (κ2) is 8.70. The summed E-state index contributed by atoms with van der Waals surface area (Å²) in [5.41, 5.74) is 0.266. The van der Waals surface area contributed by atoms with Gasteiger partial charge in [0, 0.05) is 22.2 Å². The number of carbonyl (C=O) groups excluding carboxylic acids is 2. The van der Waals surface area contributed by atoms with E-state index in [1.54, 1.807) is 43.5 Å². The summed E-state index contributed by atoms with van der Waals surface area (Å²) in [6.45, 7) is 1.25. The SMILES string of the molecule is Cc1cc(NC(=O)COC(=O)c2cccnc2Sc2ccc(Cl)cc2)no1. The van der Waals surface area contributed by atoms with Gasteiger partial charge in [0.1, 0.15) is 10.8 Å². The zero-order valence-corrected chi connectivity index (χ0v) is 15.7. The molecule has 0 radical (unpaired) electrons. The van der Waals surface area contributed by atoms with E-state index in [9.17, 15) is 9.59 Å². The highest BCUT2D eigenvalue weighted by Gasteiger charge is 2.17. The number of benzene rings is 1. The molecule has 0 bridgehead atoms. The molecule has 1 amide bonds. The van der Waals surface area contributed by atoms with E-state index in [0.717, 1.165) is 4.90 Å². The number of aryl methyl sites for hydroxylation is 1. The molecule has 0 aliphatic carbocycles. The zero-order chi connectivity index (χ0) is 19.2. The molecule has 1 aromatic carbocycles. The van der Waals surface area contributed by atoms with E-state index in [-0.39, 0.29) is 11.4 Å². The molecule has 138 valence electrons. The van der Waals surface area contributed by atoms with Crippen LogP contribution in [0.15, 0.2) is 63.1 Å². The van der Waals surface area contributed by atoms with Crippen molar-refractivity contribution < 1.29 is 18.8 Å². The minimum absolute atomic E-state index is 0.258. The molecule has 0 aliphatic heterocycles. The highest BCUT2D eigenvalue weighted by molar-refractivity contribution is 7.99. The Morgan fingerprint density at radius 2 is 2.04 bits per heavy atom. The van der Waals surface area contributed by atoms with Gasteiger partial charge in [0.05, 0.1) is 5.56 Å². The van der Waals surface area contributed by atoms with Crippen molar-refractivity contribution in [2.75, 3.05) is 11.9 Å². The Balaban J connectivity index is 1.62. The molecule has 2 heterocycles. The molecular weight excluding hydrogens is 390 g/mol. The largest absolute Gasteiger partial charge is 0.452 e. The molecule has 0 unspecified atom stereocenters. The van der Waals surface area contributed by atoms with Crippen molar-refractivity contribution in [3.05, 3.63) is 65.0 Å². The summed E-state index contributed by atoms with van der Waals surface area (Å²) in [4.78, 5) is 29.3. The van der Waals surface area contributed by atoms with Gasteiger partial charge in [0.15, 0.2) is 12.4 Å². The van der Waals surface area contributed by atoms with E-state index in [4.69, 9.17) is 20.9 Å². The van der Waals surface area contributed by atoms with Crippen LogP contribution < -0.4 is 5.32 Å². The van der Waals surface area contributed by atoms with E-state index < -0.39 is 18.5 Å². The number of anilines is 1. The van der Waals surface area contributed by atoms with Gasteiger partial charge in [0.2, 0.25) is 0 Å². The van der Waals surface area contributed by atoms with Crippen LogP contribution in [-0.4, -0.2) is 28.6 Å². The topological polar surface area (TPSA) is 94.3 Å². The van der Waals surface area contributed by atoms with Gasteiger partial charge in [-0.05, 0) is 43.3 Å². The number of halogens is 1. The zero-order valence-electron chi connectivity index (χ0n) is 14.1. The molecule has 3 aromatic rings. The summed E-state index contributed by atoms with van der Waals surface area (Å²) >= 11 is 7.18. The number of carbonyl (C=O) groups is 2. The number of ether oxygens (including phenoxy) is 1. The lowest BCUT2D eigenvalue weighted by Crippen LogP contribution is -2.21. The molecule has 0 spiro atoms. The molecule has 0 aliphatic rings. The fourth-order valence-corrected chi connectivity index (χ4v) is 3.05. The molecule has 9 heteroatoms. The number of nitrogens with one attached hydrogen (secondary N) is 1. The number of aromatic nitrogens is 2. The lowest BCUT2D eigenvalue weighted by Gasteiger charge is -2.08. The fourth-order valence-electron chi connectivity index (χ4n) is 2.05. The Bertz CT molecular complexity index is 959. The first-order valence-electron chi connectivity index (χ1n) is 7.80. The Morgan fingerprint density at radius 1 is 1.26 bits per heavy atom. The number of nitrogens with zero attached hydrogens (tertiary/aromatic N) is 2. The van der Waals surface area contributed by atoms with Gasteiger partial charge in [-0.3, -0.25) is 4.79 Å². The van der Waals surface area contributed by atoms with Crippen molar-refractivity contribution in [3.63, 3.8) is 0 Å². The maximum atomic E-state index is 12.4. The molecule has 0 saturated heterocycles. The molecular formula is C18H14ClN3O4S. The summed E-state index contributed by atoms with van der Waals surface area (Å²) in [6, 6.07) is 11.9. The monoisotopic (exact) mass is 403 g/mol. The molecule has 0 atom stereocenters. The summed E-state index contributed by atoms with van der Waals surface area (Å²) in [5.74, 6) is -0.353. The van der Waals surface area contributed by atoms with Crippen molar-refractivity contribution in [2.45, 2.75) is 16.8 Å². The number of esters is 1. The van der Waals surface area contributed by atoms with Crippen LogP contribution in [0, 0.1) is 6.92 Å². The highest BCUT2D eigenvalue weighted by atomic mass is 35.5. The Morgan fingerprint density at radius 3 is 2.74 bits per heavy atom. The number of hydrogen-bond donors (Lipinski definition) is 1. The smallest absolute Gasteiger partial charge is 0.341 e. The van der Waals surface area contributed by atoms with Crippen molar-refractivity contribution in [1.82, 2.24) is 10.1 Å². The van der Waals surface area contributed by atoms with Gasteiger partial charge in [0.25, 0.3) is 5.91 Å². The second-order valence-electron chi connectivity index (χ2n) is 5.36. The van der Waals surface area contributed by atoms with Crippen molar-refractivity contribution in [3.8, 4) is 0 Å². The van der Waals surface area contributed by atoms with Gasteiger partial charge in [-0.25, -0.2) is 9.78 Å². The van der Waals surface area contributed by atoms with Gasteiger partial charge in [-0.1, -0.05) is 28.5 Å². The predicted octanol–water partition coefficient (Wildman–Crippen LogP) is 3.98. The van der Waals surface area contributed by atoms with Crippen LogP contribution >= 0.6 is 23.4 Å². The summed E-state index contributed by atoms with van der Waals surface area (Å²) in [6.07, 6.45) is 1.58. The standard InChI is InChI=1S/C18H14ClN3O4S/c1-11-9-15(22-26-11)21-16(23)10-25-18(24)14-3-2-8-20-17(14)27-13-6-4-12(19)5-7-13/h2-9H,10H2,1H3,(H,21,22,23). The van der Waals surface area contributed by atoms with E-state index in [0.29, 0.717) is 15.8 Å². The second-order valence-corrected chi connectivity index (χ2v) is 6.86. The molecule has 7 nitrogen and oxygen atoms in total. The first kappa shape index (κ1) is 18.9. The van der Waals surface area contributed by atoms with Crippen molar-refractivity contribution in [2.24, 2.45) is 0 Å². The Hall–Kier alpha value is -2.84. The Kier molecular flexibility index (Phi) is 6.10. The number of pyridine rings is 1. The van der Waals surface area contributed by atoms with E-state index in [1.165, 1.54) is 11.8 Å². The molecule has 0 saturated carbocycles. The van der Waals surface area contributed by atoms with Gasteiger partial charge in [-0.2, -0.15) is 0 Å². The average Bonchev–Trinajstić information content (AvgIpc) is 3.07. The molecule has 0 fully saturated rings. The molecule has 1 N–H and O–H groups in total.